The summed E-state index contributed by atoms with van der Waals surface area (Å²) in [6, 6.07) is 13.4. The lowest BCUT2D eigenvalue weighted by molar-refractivity contribution is -0.119. The highest BCUT2D eigenvalue weighted by molar-refractivity contribution is 6.02. The molecule has 1 heterocycles. The van der Waals surface area contributed by atoms with Gasteiger partial charge >= 0.3 is 0 Å². The number of nitrogens with zero attached hydrogens (tertiary/aromatic N) is 2. The first-order chi connectivity index (χ1) is 11.5. The van der Waals surface area contributed by atoms with Crippen LogP contribution < -0.4 is 10.2 Å². The molecule has 1 aliphatic heterocycles. The number of benzene rings is 2. The monoisotopic (exact) mass is 327 g/mol. The van der Waals surface area contributed by atoms with E-state index in [0.29, 0.717) is 16.8 Å². The molecule has 2 amide bonds. The van der Waals surface area contributed by atoms with Crippen molar-refractivity contribution >= 4 is 17.5 Å². The van der Waals surface area contributed by atoms with Crippen LogP contribution in [-0.2, 0) is 4.79 Å². The Morgan fingerprint density at radius 1 is 1.17 bits per heavy atom. The van der Waals surface area contributed by atoms with Crippen molar-refractivity contribution in [3.05, 3.63) is 65.5 Å². The summed E-state index contributed by atoms with van der Waals surface area (Å²) in [6.45, 7) is 0.0180. The lowest BCUT2D eigenvalue weighted by Gasteiger charge is -2.43. The quantitative estimate of drug-likeness (QED) is 0.940. The molecule has 0 unspecified atom stereocenters. The lowest BCUT2D eigenvalue weighted by atomic mass is 10.0. The van der Waals surface area contributed by atoms with Crippen LogP contribution in [-0.4, -0.2) is 37.4 Å². The fourth-order valence-electron chi connectivity index (χ4n) is 3.01. The molecule has 5 nitrogen and oxygen atoms in total. The van der Waals surface area contributed by atoms with Crippen molar-refractivity contribution in [3.8, 4) is 0 Å². The zero-order valence-electron chi connectivity index (χ0n) is 13.5. The Kier molecular flexibility index (Phi) is 4.20. The summed E-state index contributed by atoms with van der Waals surface area (Å²) in [5.74, 6) is -0.829. The number of rotatable bonds is 3. The van der Waals surface area contributed by atoms with E-state index in [9.17, 15) is 14.0 Å². The zero-order valence-corrected chi connectivity index (χ0v) is 13.5. The predicted molar refractivity (Wildman–Crippen MR) is 89.1 cm³/mol. The van der Waals surface area contributed by atoms with Gasteiger partial charge in [-0.15, -0.1) is 0 Å². The van der Waals surface area contributed by atoms with Crippen LogP contribution in [0.1, 0.15) is 22.1 Å². The van der Waals surface area contributed by atoms with E-state index in [-0.39, 0.29) is 18.4 Å². The van der Waals surface area contributed by atoms with E-state index in [2.05, 4.69) is 5.32 Å². The summed E-state index contributed by atoms with van der Waals surface area (Å²) in [5.41, 5.74) is 1.47. The lowest BCUT2D eigenvalue weighted by Crippen LogP contribution is -2.50. The van der Waals surface area contributed by atoms with Crippen molar-refractivity contribution in [3.63, 3.8) is 0 Å². The molecular weight excluding hydrogens is 309 g/mol. The van der Waals surface area contributed by atoms with E-state index < -0.39 is 12.0 Å². The molecule has 2 aromatic carbocycles. The highest BCUT2D eigenvalue weighted by atomic mass is 19.1. The number of fused-ring (bicyclic) bond motifs is 1. The van der Waals surface area contributed by atoms with Gasteiger partial charge in [0.2, 0.25) is 5.91 Å². The molecule has 1 aliphatic rings. The zero-order chi connectivity index (χ0) is 17.3. The Balaban J connectivity index is 2.16. The van der Waals surface area contributed by atoms with Crippen molar-refractivity contribution in [2.75, 3.05) is 25.5 Å². The maximum Gasteiger partial charge on any atom is 0.257 e. The first kappa shape index (κ1) is 16.0. The molecule has 0 radical (unpaired) electrons. The molecule has 0 bridgehead atoms. The number of anilines is 1. The molecule has 0 saturated carbocycles. The van der Waals surface area contributed by atoms with Crippen LogP contribution in [0.3, 0.4) is 0 Å². The summed E-state index contributed by atoms with van der Waals surface area (Å²) in [4.78, 5) is 27.9. The molecule has 24 heavy (non-hydrogen) atoms. The molecule has 124 valence electrons. The highest BCUT2D eigenvalue weighted by Crippen LogP contribution is 2.38. The maximum absolute atomic E-state index is 14.4. The molecule has 1 atom stereocenters. The number of carbonyl (C=O) groups excluding carboxylic acids is 2. The van der Waals surface area contributed by atoms with E-state index in [1.54, 1.807) is 61.5 Å². The number of amides is 2. The summed E-state index contributed by atoms with van der Waals surface area (Å²) in [7, 11) is 3.16. The number of hydrogen-bond acceptors (Lipinski definition) is 3. The minimum atomic E-state index is -0.689. The van der Waals surface area contributed by atoms with Gasteiger partial charge in [0.1, 0.15) is 12.0 Å². The molecule has 3 rings (SSSR count). The fraction of sp³-hybridized carbons (Fsp3) is 0.222. The van der Waals surface area contributed by atoms with Crippen molar-refractivity contribution in [1.82, 2.24) is 10.2 Å². The van der Waals surface area contributed by atoms with Gasteiger partial charge in [-0.25, -0.2) is 4.39 Å². The van der Waals surface area contributed by atoms with Gasteiger partial charge in [0.05, 0.1) is 17.8 Å². The average molecular weight is 327 g/mol. The molecule has 0 aliphatic carbocycles. The molecule has 0 saturated heterocycles. The number of para-hydroxylation sites is 1. The van der Waals surface area contributed by atoms with E-state index in [1.807, 2.05) is 0 Å². The van der Waals surface area contributed by atoms with Gasteiger partial charge in [0.15, 0.2) is 0 Å². The summed E-state index contributed by atoms with van der Waals surface area (Å²) >= 11 is 0. The molecule has 0 fully saturated rings. The third-order valence-electron chi connectivity index (χ3n) is 4.20. The Labute approximate surface area is 139 Å². The van der Waals surface area contributed by atoms with Crippen LogP contribution in [0.2, 0.25) is 0 Å². The van der Waals surface area contributed by atoms with E-state index in [0.717, 1.165) is 0 Å². The Morgan fingerprint density at radius 3 is 2.54 bits per heavy atom. The third-order valence-corrected chi connectivity index (χ3v) is 4.20. The second kappa shape index (κ2) is 6.31. The Morgan fingerprint density at radius 2 is 1.83 bits per heavy atom. The van der Waals surface area contributed by atoms with Crippen LogP contribution in [0.4, 0.5) is 10.1 Å². The van der Waals surface area contributed by atoms with Gasteiger partial charge in [-0.1, -0.05) is 30.3 Å². The average Bonchev–Trinajstić information content (AvgIpc) is 2.60. The van der Waals surface area contributed by atoms with Gasteiger partial charge in [0, 0.05) is 19.7 Å². The van der Waals surface area contributed by atoms with Gasteiger partial charge < -0.3 is 15.1 Å². The number of hydrogen-bond donors (Lipinski definition) is 1. The first-order valence-corrected chi connectivity index (χ1v) is 7.62. The molecular formula is C18H18FN3O2. The highest BCUT2D eigenvalue weighted by Gasteiger charge is 2.38. The molecule has 0 aromatic heterocycles. The van der Waals surface area contributed by atoms with Gasteiger partial charge in [-0.05, 0) is 18.2 Å². The number of carbonyl (C=O) groups is 2. The van der Waals surface area contributed by atoms with Crippen LogP contribution in [0.5, 0.6) is 0 Å². The summed E-state index contributed by atoms with van der Waals surface area (Å²) in [5, 5.41) is 2.58. The fourth-order valence-corrected chi connectivity index (χ4v) is 3.01. The summed E-state index contributed by atoms with van der Waals surface area (Å²) < 4.78 is 14.4. The van der Waals surface area contributed by atoms with Gasteiger partial charge in [-0.2, -0.15) is 0 Å². The van der Waals surface area contributed by atoms with Crippen LogP contribution >= 0.6 is 0 Å². The van der Waals surface area contributed by atoms with Gasteiger partial charge in [0.25, 0.3) is 5.91 Å². The Bertz CT molecular complexity index is 793. The van der Waals surface area contributed by atoms with Crippen LogP contribution in [0, 0.1) is 5.82 Å². The predicted octanol–water partition coefficient (Wildman–Crippen LogP) is 2.16. The number of halogens is 1. The second-order valence-electron chi connectivity index (χ2n) is 5.63. The van der Waals surface area contributed by atoms with Crippen LogP contribution in [0.25, 0.3) is 0 Å². The number of nitrogens with one attached hydrogen (secondary N) is 1. The number of likely N-dealkylation sites (N-methyl/N-ethyl adjacent to an activating group) is 1. The smallest absolute Gasteiger partial charge is 0.257 e. The molecule has 0 spiro atoms. The normalized spacial score (nSPS) is 16.8. The molecule has 6 heteroatoms. The Hall–Kier alpha value is -2.89. The third kappa shape index (κ3) is 2.60. The van der Waals surface area contributed by atoms with Crippen molar-refractivity contribution in [1.29, 1.82) is 0 Å². The standard InChI is InChI=1S/C18H18FN3O2/c1-20-16(23)11-22-15-10-6-4-8-13(15)18(24)21(2)17(22)12-7-3-5-9-14(12)19/h3-10,17H,11H2,1-2H3,(H,20,23)/t17-/m0/s1. The molecule has 1 N–H and O–H groups in total. The van der Waals surface area contributed by atoms with E-state index in [1.165, 1.54) is 11.0 Å². The minimum Gasteiger partial charge on any atom is -0.358 e. The van der Waals surface area contributed by atoms with Gasteiger partial charge in [-0.3, -0.25) is 9.59 Å². The van der Waals surface area contributed by atoms with Crippen molar-refractivity contribution < 1.29 is 14.0 Å². The SMILES string of the molecule is CNC(=O)CN1c2ccccc2C(=O)N(C)[C@@H]1c1ccccc1F. The van der Waals surface area contributed by atoms with E-state index >= 15 is 0 Å². The van der Waals surface area contributed by atoms with Crippen LogP contribution in [0.15, 0.2) is 48.5 Å². The first-order valence-electron chi connectivity index (χ1n) is 7.62. The van der Waals surface area contributed by atoms with E-state index in [4.69, 9.17) is 0 Å². The van der Waals surface area contributed by atoms with Crippen molar-refractivity contribution in [2.24, 2.45) is 0 Å². The largest absolute Gasteiger partial charge is 0.358 e. The van der Waals surface area contributed by atoms with Crippen molar-refractivity contribution in [2.45, 2.75) is 6.17 Å². The maximum atomic E-state index is 14.4. The molecule has 2 aromatic rings. The second-order valence-corrected chi connectivity index (χ2v) is 5.63. The minimum absolute atomic E-state index is 0.0180. The summed E-state index contributed by atoms with van der Waals surface area (Å²) in [6.07, 6.45) is -0.689. The topological polar surface area (TPSA) is 52.7 Å².